The molecular weight excluding hydrogens is 511 g/mol. The minimum Gasteiger partial charge on any atom is -0.488 e. The smallest absolute Gasteiger partial charge is 0.224 e. The highest BCUT2D eigenvalue weighted by Crippen LogP contribution is 2.29. The molecule has 2 N–H and O–H groups in total. The van der Waals surface area contributed by atoms with Crippen LogP contribution >= 0.6 is 39.1 Å². The first-order valence-electron chi connectivity index (χ1n) is 10.3. The van der Waals surface area contributed by atoms with Gasteiger partial charge in [0.05, 0.1) is 0 Å². The molecule has 0 aliphatic heterocycles. The summed E-state index contributed by atoms with van der Waals surface area (Å²) < 4.78 is 7.01. The molecular formula is C25H25BrCl2N2O2. The van der Waals surface area contributed by atoms with E-state index in [0.29, 0.717) is 28.9 Å². The van der Waals surface area contributed by atoms with E-state index in [1.165, 1.54) is 0 Å². The Balaban J connectivity index is 1.68. The van der Waals surface area contributed by atoms with Crippen molar-refractivity contribution in [3.8, 4) is 5.75 Å². The summed E-state index contributed by atoms with van der Waals surface area (Å²) in [6.07, 6.45) is 0.492. The maximum atomic E-state index is 12.1. The predicted molar refractivity (Wildman–Crippen MR) is 137 cm³/mol. The molecule has 0 aliphatic rings. The van der Waals surface area contributed by atoms with Gasteiger partial charge in [-0.05, 0) is 54.4 Å². The number of benzene rings is 3. The molecule has 0 fully saturated rings. The molecule has 32 heavy (non-hydrogen) atoms. The summed E-state index contributed by atoms with van der Waals surface area (Å²) in [5.41, 5.74) is 3.38. The van der Waals surface area contributed by atoms with Gasteiger partial charge in [0.25, 0.3) is 0 Å². The Morgan fingerprint density at radius 1 is 1.00 bits per heavy atom. The number of hydrogen-bond acceptors (Lipinski definition) is 3. The molecule has 0 aromatic heterocycles. The van der Waals surface area contributed by atoms with Crippen molar-refractivity contribution < 1.29 is 9.53 Å². The number of hydrogen-bond donors (Lipinski definition) is 2. The van der Waals surface area contributed by atoms with Crippen LogP contribution in [0, 0.1) is 5.92 Å². The molecule has 4 nitrogen and oxygen atoms in total. The minimum atomic E-state index is 0.0121. The lowest BCUT2D eigenvalue weighted by Gasteiger charge is -2.15. The lowest BCUT2D eigenvalue weighted by Crippen LogP contribution is -2.14. The lowest BCUT2D eigenvalue weighted by atomic mass is 10.1. The van der Waals surface area contributed by atoms with Gasteiger partial charge in [-0.25, -0.2) is 0 Å². The monoisotopic (exact) mass is 534 g/mol. The third kappa shape index (κ3) is 7.16. The van der Waals surface area contributed by atoms with Gasteiger partial charge < -0.3 is 15.4 Å². The molecule has 168 valence electrons. The average Bonchev–Trinajstić information content (AvgIpc) is 2.72. The van der Waals surface area contributed by atoms with Gasteiger partial charge in [-0.15, -0.1) is 0 Å². The van der Waals surface area contributed by atoms with Crippen LogP contribution in [0.15, 0.2) is 65.1 Å². The maximum absolute atomic E-state index is 12.1. The van der Waals surface area contributed by atoms with Gasteiger partial charge in [0.1, 0.15) is 12.4 Å². The Bertz CT molecular complexity index is 1070. The fourth-order valence-corrected chi connectivity index (χ4v) is 4.05. The number of amides is 1. The highest BCUT2D eigenvalue weighted by molar-refractivity contribution is 9.10. The van der Waals surface area contributed by atoms with Crippen LogP contribution in [0.1, 0.15) is 31.4 Å². The summed E-state index contributed by atoms with van der Waals surface area (Å²) >= 11 is 16.1. The number of halogens is 3. The number of ether oxygens (including phenoxy) is 1. The Hall–Kier alpha value is -2.21. The SMILES string of the molecule is CC(C)CC(=O)Nc1cccc(NCc2cc(Br)ccc2OCc2c(Cl)cccc2Cl)c1. The zero-order valence-electron chi connectivity index (χ0n) is 17.9. The molecule has 0 spiro atoms. The Morgan fingerprint density at radius 2 is 1.69 bits per heavy atom. The second-order valence-electron chi connectivity index (χ2n) is 7.82. The second-order valence-corrected chi connectivity index (χ2v) is 9.55. The van der Waals surface area contributed by atoms with E-state index in [4.69, 9.17) is 27.9 Å². The number of anilines is 2. The third-order valence-electron chi connectivity index (χ3n) is 4.68. The molecule has 3 aromatic carbocycles. The Kier molecular flexibility index (Phi) is 8.85. The van der Waals surface area contributed by atoms with Crippen LogP contribution < -0.4 is 15.4 Å². The van der Waals surface area contributed by atoms with E-state index in [1.54, 1.807) is 12.1 Å². The van der Waals surface area contributed by atoms with E-state index in [2.05, 4.69) is 26.6 Å². The van der Waals surface area contributed by atoms with Crippen LogP contribution in [0.4, 0.5) is 11.4 Å². The van der Waals surface area contributed by atoms with Crippen molar-refractivity contribution in [1.82, 2.24) is 0 Å². The van der Waals surface area contributed by atoms with Crippen LogP contribution in [0.25, 0.3) is 0 Å². The predicted octanol–water partition coefficient (Wildman–Crippen LogP) is 7.93. The molecule has 0 heterocycles. The van der Waals surface area contributed by atoms with E-state index in [9.17, 15) is 4.79 Å². The van der Waals surface area contributed by atoms with Crippen LogP contribution in [0.3, 0.4) is 0 Å². The van der Waals surface area contributed by atoms with Gasteiger partial charge in [0.2, 0.25) is 5.91 Å². The van der Waals surface area contributed by atoms with Gasteiger partial charge in [-0.1, -0.05) is 65.1 Å². The van der Waals surface area contributed by atoms with E-state index in [-0.39, 0.29) is 12.5 Å². The highest BCUT2D eigenvalue weighted by atomic mass is 79.9. The third-order valence-corrected chi connectivity index (χ3v) is 5.88. The first-order valence-corrected chi connectivity index (χ1v) is 11.8. The van der Waals surface area contributed by atoms with Crippen molar-refractivity contribution in [2.45, 2.75) is 33.4 Å². The number of rotatable bonds is 9. The Morgan fingerprint density at radius 3 is 2.41 bits per heavy atom. The van der Waals surface area contributed by atoms with Crippen LogP contribution in [-0.4, -0.2) is 5.91 Å². The first kappa shape index (κ1) is 24.4. The van der Waals surface area contributed by atoms with Crippen molar-refractivity contribution in [3.05, 3.63) is 86.3 Å². The molecule has 7 heteroatoms. The number of carbonyl (C=O) groups is 1. The molecule has 3 rings (SSSR count). The normalized spacial score (nSPS) is 10.8. The quantitative estimate of drug-likeness (QED) is 0.292. The zero-order chi connectivity index (χ0) is 23.1. The zero-order valence-corrected chi connectivity index (χ0v) is 21.0. The van der Waals surface area contributed by atoms with Crippen LogP contribution in [-0.2, 0) is 17.9 Å². The molecule has 0 aliphatic carbocycles. The van der Waals surface area contributed by atoms with Gasteiger partial charge in [-0.2, -0.15) is 0 Å². The van der Waals surface area contributed by atoms with E-state index in [1.807, 2.05) is 62.4 Å². The van der Waals surface area contributed by atoms with Crippen molar-refractivity contribution in [3.63, 3.8) is 0 Å². The molecule has 0 radical (unpaired) electrons. The lowest BCUT2D eigenvalue weighted by molar-refractivity contribution is -0.116. The van der Waals surface area contributed by atoms with Gasteiger partial charge in [0, 0.05) is 50.0 Å². The summed E-state index contributed by atoms with van der Waals surface area (Å²) in [5.74, 6) is 1.06. The molecule has 0 bridgehead atoms. The minimum absolute atomic E-state index is 0.0121. The molecule has 0 unspecified atom stereocenters. The number of nitrogens with one attached hydrogen (secondary N) is 2. The second kappa shape index (κ2) is 11.6. The number of carbonyl (C=O) groups excluding carboxylic acids is 1. The van der Waals surface area contributed by atoms with Crippen LogP contribution in [0.2, 0.25) is 10.0 Å². The van der Waals surface area contributed by atoms with Crippen LogP contribution in [0.5, 0.6) is 5.75 Å². The topological polar surface area (TPSA) is 50.4 Å². The van der Waals surface area contributed by atoms with Gasteiger partial charge in [-0.3, -0.25) is 4.79 Å². The van der Waals surface area contributed by atoms with Gasteiger partial charge in [0.15, 0.2) is 0 Å². The molecule has 1 amide bonds. The summed E-state index contributed by atoms with van der Waals surface area (Å²) in [6, 6.07) is 18.9. The van der Waals surface area contributed by atoms with Crippen molar-refractivity contribution in [1.29, 1.82) is 0 Å². The largest absolute Gasteiger partial charge is 0.488 e. The Labute approximate surface area is 207 Å². The summed E-state index contributed by atoms with van der Waals surface area (Å²) in [6.45, 7) is 4.85. The average molecular weight is 536 g/mol. The van der Waals surface area contributed by atoms with E-state index in [0.717, 1.165) is 32.7 Å². The highest BCUT2D eigenvalue weighted by Gasteiger charge is 2.10. The fraction of sp³-hybridized carbons (Fsp3) is 0.240. The van der Waals surface area contributed by atoms with Crippen molar-refractivity contribution in [2.24, 2.45) is 5.92 Å². The first-order chi connectivity index (χ1) is 15.3. The van der Waals surface area contributed by atoms with E-state index >= 15 is 0 Å². The van der Waals surface area contributed by atoms with Gasteiger partial charge >= 0.3 is 0 Å². The van der Waals surface area contributed by atoms with Crippen molar-refractivity contribution >= 4 is 56.4 Å². The molecule has 0 atom stereocenters. The molecule has 0 saturated heterocycles. The summed E-state index contributed by atoms with van der Waals surface area (Å²) in [5, 5.41) is 7.49. The van der Waals surface area contributed by atoms with E-state index < -0.39 is 0 Å². The summed E-state index contributed by atoms with van der Waals surface area (Å²) in [4.78, 5) is 12.1. The molecule has 3 aromatic rings. The summed E-state index contributed by atoms with van der Waals surface area (Å²) in [7, 11) is 0. The van der Waals surface area contributed by atoms with Crippen molar-refractivity contribution in [2.75, 3.05) is 10.6 Å². The standard InChI is InChI=1S/C25H25BrCl2N2O2/c1-16(2)11-25(31)30-20-6-3-5-19(13-20)29-14-17-12-18(26)9-10-24(17)32-15-21-22(27)7-4-8-23(21)28/h3-10,12-13,16,29H,11,14-15H2,1-2H3,(H,30,31). The molecule has 0 saturated carbocycles. The maximum Gasteiger partial charge on any atom is 0.224 e. The fourth-order valence-electron chi connectivity index (χ4n) is 3.13.